The number of nitrogens with one attached hydrogen (secondary N) is 1. The molecule has 9 nitrogen and oxygen atoms in total. The fourth-order valence-corrected chi connectivity index (χ4v) is 2.12. The number of nitrogens with zero attached hydrogens (tertiary/aromatic N) is 3. The highest BCUT2D eigenvalue weighted by molar-refractivity contribution is 5.76. The van der Waals surface area contributed by atoms with Crippen LogP contribution < -0.4 is 5.32 Å². The number of aryl methyl sites for hydroxylation is 2. The Morgan fingerprint density at radius 1 is 1.45 bits per heavy atom. The predicted octanol–water partition coefficient (Wildman–Crippen LogP) is 1.03. The Morgan fingerprint density at radius 2 is 2.09 bits per heavy atom. The van der Waals surface area contributed by atoms with Crippen LogP contribution in [0.5, 0.6) is 0 Å². The van der Waals surface area contributed by atoms with E-state index in [9.17, 15) is 19.7 Å². The number of carboxylic acids is 1. The van der Waals surface area contributed by atoms with Crippen molar-refractivity contribution in [1.29, 1.82) is 0 Å². The molecule has 9 heteroatoms. The van der Waals surface area contributed by atoms with Crippen molar-refractivity contribution in [3.8, 4) is 0 Å². The summed E-state index contributed by atoms with van der Waals surface area (Å²) < 4.78 is 1.44. The number of carboxylic acid groups (broad SMARTS) is 1. The van der Waals surface area contributed by atoms with Gasteiger partial charge in [0, 0.05) is 19.4 Å². The minimum Gasteiger partial charge on any atom is -0.481 e. The van der Waals surface area contributed by atoms with Gasteiger partial charge in [0.1, 0.15) is 11.4 Å². The normalized spacial score (nSPS) is 12.0. The van der Waals surface area contributed by atoms with Gasteiger partial charge in [0.25, 0.3) is 0 Å². The molecule has 0 spiro atoms. The van der Waals surface area contributed by atoms with Crippen molar-refractivity contribution in [3.63, 3.8) is 0 Å². The molecule has 0 radical (unpaired) electrons. The zero-order valence-corrected chi connectivity index (χ0v) is 12.8. The largest absolute Gasteiger partial charge is 0.481 e. The zero-order chi connectivity index (χ0) is 16.9. The van der Waals surface area contributed by atoms with Crippen LogP contribution in [0.4, 0.5) is 5.69 Å². The van der Waals surface area contributed by atoms with Crippen LogP contribution in [0.15, 0.2) is 0 Å². The van der Waals surface area contributed by atoms with E-state index in [4.69, 9.17) is 5.11 Å². The summed E-state index contributed by atoms with van der Waals surface area (Å²) in [5.41, 5.74) is 0.697. The highest BCUT2D eigenvalue weighted by Crippen LogP contribution is 2.21. The van der Waals surface area contributed by atoms with Crippen molar-refractivity contribution in [3.05, 3.63) is 21.5 Å². The number of amides is 1. The number of hydrogen-bond donors (Lipinski definition) is 2. The first-order chi connectivity index (χ1) is 10.2. The third kappa shape index (κ3) is 4.83. The molecular formula is C13H20N4O5. The zero-order valence-electron chi connectivity index (χ0n) is 12.8. The second-order valence-corrected chi connectivity index (χ2v) is 5.26. The van der Waals surface area contributed by atoms with Gasteiger partial charge in [-0.25, -0.2) is 0 Å². The van der Waals surface area contributed by atoms with Crippen molar-refractivity contribution < 1.29 is 19.6 Å². The van der Waals surface area contributed by atoms with Gasteiger partial charge in [-0.05, 0) is 19.8 Å². The number of hydrogen-bond acceptors (Lipinski definition) is 5. The van der Waals surface area contributed by atoms with E-state index in [-0.39, 0.29) is 43.4 Å². The first-order valence-electron chi connectivity index (χ1n) is 6.89. The molecule has 0 fully saturated rings. The molecule has 0 aliphatic rings. The molecule has 0 saturated carbocycles. The molecular weight excluding hydrogens is 292 g/mol. The second kappa shape index (κ2) is 7.53. The SMILES string of the molecule is Cc1nn(CCC(=O)NCC(C)CC(=O)O)c(C)c1[N+](=O)[O-]. The monoisotopic (exact) mass is 312 g/mol. The average molecular weight is 312 g/mol. The molecule has 0 aromatic carbocycles. The molecule has 1 heterocycles. The molecule has 0 bridgehead atoms. The molecule has 2 N–H and O–H groups in total. The highest BCUT2D eigenvalue weighted by Gasteiger charge is 2.21. The number of rotatable bonds is 8. The van der Waals surface area contributed by atoms with Crippen molar-refractivity contribution in [1.82, 2.24) is 15.1 Å². The highest BCUT2D eigenvalue weighted by atomic mass is 16.6. The predicted molar refractivity (Wildman–Crippen MR) is 77.4 cm³/mol. The fraction of sp³-hybridized carbons (Fsp3) is 0.615. The Kier molecular flexibility index (Phi) is 6.02. The van der Waals surface area contributed by atoms with E-state index >= 15 is 0 Å². The molecule has 122 valence electrons. The van der Waals surface area contributed by atoms with E-state index in [2.05, 4.69) is 10.4 Å². The summed E-state index contributed by atoms with van der Waals surface area (Å²) in [5, 5.41) is 26.2. The third-order valence-corrected chi connectivity index (χ3v) is 3.25. The second-order valence-electron chi connectivity index (χ2n) is 5.26. The first kappa shape index (κ1) is 17.6. The molecule has 1 atom stereocenters. The number of carbonyl (C=O) groups is 2. The molecule has 0 aliphatic heterocycles. The summed E-state index contributed by atoms with van der Waals surface area (Å²) in [4.78, 5) is 32.6. The van der Waals surface area contributed by atoms with Crippen LogP contribution >= 0.6 is 0 Å². The van der Waals surface area contributed by atoms with Gasteiger partial charge < -0.3 is 10.4 Å². The third-order valence-electron chi connectivity index (χ3n) is 3.25. The molecule has 1 rings (SSSR count). The van der Waals surface area contributed by atoms with E-state index in [0.29, 0.717) is 11.4 Å². The number of aliphatic carboxylic acids is 1. The summed E-state index contributed by atoms with van der Waals surface area (Å²) in [7, 11) is 0. The van der Waals surface area contributed by atoms with E-state index in [1.54, 1.807) is 20.8 Å². The molecule has 1 amide bonds. The van der Waals surface area contributed by atoms with Gasteiger partial charge in [-0.15, -0.1) is 0 Å². The van der Waals surface area contributed by atoms with Crippen LogP contribution in [0.1, 0.15) is 31.2 Å². The van der Waals surface area contributed by atoms with Gasteiger partial charge in [-0.2, -0.15) is 5.10 Å². The smallest absolute Gasteiger partial charge is 0.312 e. The van der Waals surface area contributed by atoms with E-state index in [0.717, 1.165) is 0 Å². The van der Waals surface area contributed by atoms with Gasteiger partial charge >= 0.3 is 11.7 Å². The summed E-state index contributed by atoms with van der Waals surface area (Å²) in [6.07, 6.45) is 0.114. The maximum atomic E-state index is 11.7. The molecule has 1 aromatic heterocycles. The Bertz CT molecular complexity index is 581. The lowest BCUT2D eigenvalue weighted by atomic mass is 10.1. The first-order valence-corrected chi connectivity index (χ1v) is 6.89. The van der Waals surface area contributed by atoms with Crippen molar-refractivity contribution in [2.75, 3.05) is 6.54 Å². The minimum absolute atomic E-state index is 0.00999. The average Bonchev–Trinajstić information content (AvgIpc) is 2.67. The van der Waals surface area contributed by atoms with Gasteiger partial charge in [-0.1, -0.05) is 6.92 Å². The van der Waals surface area contributed by atoms with E-state index in [1.807, 2.05) is 0 Å². The fourth-order valence-electron chi connectivity index (χ4n) is 2.12. The van der Waals surface area contributed by atoms with Gasteiger partial charge in [-0.3, -0.25) is 24.4 Å². The van der Waals surface area contributed by atoms with E-state index in [1.165, 1.54) is 4.68 Å². The Morgan fingerprint density at radius 3 is 2.59 bits per heavy atom. The maximum absolute atomic E-state index is 11.7. The minimum atomic E-state index is -0.906. The van der Waals surface area contributed by atoms with Crippen LogP contribution in [0.2, 0.25) is 0 Å². The standard InChI is InChI=1S/C13H20N4O5/c1-8(6-12(19)20)7-14-11(18)4-5-16-10(3)13(17(21)22)9(2)15-16/h8H,4-7H2,1-3H3,(H,14,18)(H,19,20). The summed E-state index contributed by atoms with van der Waals surface area (Å²) >= 11 is 0. The topological polar surface area (TPSA) is 127 Å². The van der Waals surface area contributed by atoms with Crippen molar-refractivity contribution in [2.24, 2.45) is 5.92 Å². The summed E-state index contributed by atoms with van der Waals surface area (Å²) in [5.74, 6) is -1.31. The molecule has 1 aromatic rings. The van der Waals surface area contributed by atoms with Crippen molar-refractivity contribution in [2.45, 2.75) is 40.2 Å². The summed E-state index contributed by atoms with van der Waals surface area (Å²) in [6, 6.07) is 0. The molecule has 0 saturated heterocycles. The van der Waals surface area contributed by atoms with Crippen LogP contribution in [0, 0.1) is 29.9 Å². The Hall–Kier alpha value is -2.45. The Balaban J connectivity index is 2.50. The van der Waals surface area contributed by atoms with Crippen LogP contribution in [-0.2, 0) is 16.1 Å². The number of carbonyl (C=O) groups excluding carboxylic acids is 1. The number of nitro groups is 1. The maximum Gasteiger partial charge on any atom is 0.312 e. The van der Waals surface area contributed by atoms with Gasteiger partial charge in [0.15, 0.2) is 0 Å². The number of aromatic nitrogens is 2. The quantitative estimate of drug-likeness (QED) is 0.545. The lowest BCUT2D eigenvalue weighted by Crippen LogP contribution is -2.30. The summed E-state index contributed by atoms with van der Waals surface area (Å²) in [6.45, 7) is 5.39. The van der Waals surface area contributed by atoms with Crippen molar-refractivity contribution >= 4 is 17.6 Å². The van der Waals surface area contributed by atoms with Crippen LogP contribution in [0.3, 0.4) is 0 Å². The van der Waals surface area contributed by atoms with Gasteiger partial charge in [0.2, 0.25) is 5.91 Å². The van der Waals surface area contributed by atoms with Gasteiger partial charge in [0.05, 0.1) is 11.5 Å². The van der Waals surface area contributed by atoms with Crippen LogP contribution in [0.25, 0.3) is 0 Å². The van der Waals surface area contributed by atoms with Crippen LogP contribution in [-0.4, -0.2) is 38.2 Å². The lowest BCUT2D eigenvalue weighted by molar-refractivity contribution is -0.386. The molecule has 22 heavy (non-hydrogen) atoms. The molecule has 1 unspecified atom stereocenters. The molecule has 0 aliphatic carbocycles. The Labute approximate surface area is 127 Å². The lowest BCUT2D eigenvalue weighted by Gasteiger charge is -2.10. The van der Waals surface area contributed by atoms with E-state index < -0.39 is 10.9 Å².